The summed E-state index contributed by atoms with van der Waals surface area (Å²) in [4.78, 5) is 21.1. The van der Waals surface area contributed by atoms with Crippen molar-refractivity contribution in [3.05, 3.63) is 54.2 Å². The number of carbonyl (C=O) groups excluding carboxylic acids is 1. The number of carbonyl (C=O) groups is 1. The molecule has 2 amide bonds. The topological polar surface area (TPSA) is 48.5 Å². The van der Waals surface area contributed by atoms with Crippen molar-refractivity contribution >= 4 is 17.5 Å². The highest BCUT2D eigenvalue weighted by atomic mass is 16.2. The van der Waals surface area contributed by atoms with E-state index < -0.39 is 0 Å². The number of nitrogens with one attached hydrogen (secondary N) is 1. The van der Waals surface area contributed by atoms with Gasteiger partial charge < -0.3 is 15.1 Å². The number of rotatable bonds is 5. The average Bonchev–Trinajstić information content (AvgIpc) is 2.71. The largest absolute Gasteiger partial charge is 0.357 e. The highest BCUT2D eigenvalue weighted by Crippen LogP contribution is 2.28. The van der Waals surface area contributed by atoms with Crippen LogP contribution in [0.4, 0.5) is 16.3 Å². The molecule has 1 aromatic carbocycles. The number of pyridine rings is 1. The van der Waals surface area contributed by atoms with E-state index in [0.717, 1.165) is 50.5 Å². The first-order valence-electron chi connectivity index (χ1n) is 9.53. The van der Waals surface area contributed by atoms with Crippen LogP contribution in [-0.4, -0.2) is 42.1 Å². The van der Waals surface area contributed by atoms with E-state index in [4.69, 9.17) is 0 Å². The van der Waals surface area contributed by atoms with Gasteiger partial charge in [-0.05, 0) is 50.3 Å². The Labute approximate surface area is 156 Å². The summed E-state index contributed by atoms with van der Waals surface area (Å²) in [6.07, 6.45) is 3.76. The van der Waals surface area contributed by atoms with Gasteiger partial charge in [0, 0.05) is 26.2 Å². The van der Waals surface area contributed by atoms with Gasteiger partial charge in [0.1, 0.15) is 5.82 Å². The Kier molecular flexibility index (Phi) is 6.10. The predicted octanol–water partition coefficient (Wildman–Crippen LogP) is 4.34. The molecule has 2 aromatic rings. The first-order valence-corrected chi connectivity index (χ1v) is 9.53. The number of anilines is 2. The molecule has 1 aromatic heterocycles. The third-order valence-corrected chi connectivity index (χ3v) is 5.14. The molecule has 2 heterocycles. The molecule has 1 aliphatic heterocycles. The quantitative estimate of drug-likeness (QED) is 0.871. The van der Waals surface area contributed by atoms with Gasteiger partial charge in [-0.1, -0.05) is 30.3 Å². The minimum Gasteiger partial charge on any atom is -0.357 e. The molecule has 0 saturated carbocycles. The summed E-state index contributed by atoms with van der Waals surface area (Å²) >= 11 is 0. The van der Waals surface area contributed by atoms with Crippen LogP contribution in [0.25, 0.3) is 0 Å². The van der Waals surface area contributed by atoms with Crippen molar-refractivity contribution in [1.82, 2.24) is 9.88 Å². The summed E-state index contributed by atoms with van der Waals surface area (Å²) < 4.78 is 0. The molecule has 0 atom stereocenters. The van der Waals surface area contributed by atoms with Crippen LogP contribution >= 0.6 is 0 Å². The Hall–Kier alpha value is -2.56. The fraction of sp³-hybridized carbons (Fsp3) is 0.429. The van der Waals surface area contributed by atoms with E-state index in [9.17, 15) is 4.79 Å². The molecule has 0 bridgehead atoms. The minimum atomic E-state index is -0.0334. The number of aromatic nitrogens is 1. The molecule has 1 fully saturated rings. The van der Waals surface area contributed by atoms with Gasteiger partial charge in [-0.15, -0.1) is 0 Å². The molecule has 26 heavy (non-hydrogen) atoms. The van der Waals surface area contributed by atoms with E-state index >= 15 is 0 Å². The highest BCUT2D eigenvalue weighted by Gasteiger charge is 2.23. The van der Waals surface area contributed by atoms with Crippen LogP contribution in [0.15, 0.2) is 48.7 Å². The molecule has 1 saturated heterocycles. The Morgan fingerprint density at radius 2 is 1.81 bits per heavy atom. The van der Waals surface area contributed by atoms with Crippen LogP contribution < -0.4 is 10.2 Å². The monoisotopic (exact) mass is 352 g/mol. The molecule has 138 valence electrons. The van der Waals surface area contributed by atoms with E-state index in [2.05, 4.69) is 53.3 Å². The second kappa shape index (κ2) is 8.70. The van der Waals surface area contributed by atoms with Crippen molar-refractivity contribution in [3.63, 3.8) is 0 Å². The van der Waals surface area contributed by atoms with Crippen molar-refractivity contribution in [2.75, 3.05) is 36.4 Å². The Morgan fingerprint density at radius 1 is 1.12 bits per heavy atom. The lowest BCUT2D eigenvalue weighted by atomic mass is 9.90. The SMILES string of the molecule is CCN(CC)c1ccc(NC(=O)N2CCC(c3ccccc3)CC2)cn1. The molecule has 0 radical (unpaired) electrons. The van der Waals surface area contributed by atoms with Crippen LogP contribution in [0.1, 0.15) is 38.2 Å². The van der Waals surface area contributed by atoms with Crippen molar-refractivity contribution < 1.29 is 4.79 Å². The lowest BCUT2D eigenvalue weighted by Gasteiger charge is -2.32. The van der Waals surface area contributed by atoms with Gasteiger partial charge >= 0.3 is 6.03 Å². The van der Waals surface area contributed by atoms with Crippen LogP contribution in [-0.2, 0) is 0 Å². The Morgan fingerprint density at radius 3 is 2.38 bits per heavy atom. The first-order chi connectivity index (χ1) is 12.7. The van der Waals surface area contributed by atoms with Crippen LogP contribution in [0.5, 0.6) is 0 Å². The zero-order valence-corrected chi connectivity index (χ0v) is 15.7. The summed E-state index contributed by atoms with van der Waals surface area (Å²) in [5, 5.41) is 2.97. The summed E-state index contributed by atoms with van der Waals surface area (Å²) in [5.41, 5.74) is 2.12. The molecular weight excluding hydrogens is 324 g/mol. The number of amides is 2. The summed E-state index contributed by atoms with van der Waals surface area (Å²) in [5.74, 6) is 1.49. The van der Waals surface area contributed by atoms with Crippen LogP contribution in [0, 0.1) is 0 Å². The van der Waals surface area contributed by atoms with Gasteiger partial charge in [0.15, 0.2) is 0 Å². The second-order valence-electron chi connectivity index (χ2n) is 6.68. The van der Waals surface area contributed by atoms with Gasteiger partial charge in [-0.25, -0.2) is 9.78 Å². The maximum absolute atomic E-state index is 12.5. The number of piperidine rings is 1. The molecule has 0 spiro atoms. The standard InChI is InChI=1S/C21H28N4O/c1-3-24(4-2)20-11-10-19(16-22-20)23-21(26)25-14-12-18(13-15-25)17-8-6-5-7-9-17/h5-11,16,18H,3-4,12-15H2,1-2H3,(H,23,26). The highest BCUT2D eigenvalue weighted by molar-refractivity contribution is 5.89. The fourth-order valence-electron chi connectivity index (χ4n) is 3.54. The normalized spacial score (nSPS) is 14.9. The van der Waals surface area contributed by atoms with Crippen molar-refractivity contribution in [2.24, 2.45) is 0 Å². The van der Waals surface area contributed by atoms with Gasteiger partial charge in [0.25, 0.3) is 0 Å². The smallest absolute Gasteiger partial charge is 0.321 e. The van der Waals surface area contributed by atoms with Gasteiger partial charge in [-0.3, -0.25) is 0 Å². The molecule has 0 aliphatic carbocycles. The van der Waals surface area contributed by atoms with Crippen molar-refractivity contribution in [1.29, 1.82) is 0 Å². The Balaban J connectivity index is 1.53. The summed E-state index contributed by atoms with van der Waals surface area (Å²) in [7, 11) is 0. The minimum absolute atomic E-state index is 0.0334. The number of benzene rings is 1. The number of hydrogen-bond acceptors (Lipinski definition) is 3. The van der Waals surface area contributed by atoms with Crippen LogP contribution in [0.3, 0.4) is 0 Å². The van der Waals surface area contributed by atoms with E-state index in [1.54, 1.807) is 6.20 Å². The Bertz CT molecular complexity index is 690. The molecule has 1 aliphatic rings. The lowest BCUT2D eigenvalue weighted by Crippen LogP contribution is -2.40. The lowest BCUT2D eigenvalue weighted by molar-refractivity contribution is 0.194. The first kappa shape index (κ1) is 18.2. The van der Waals surface area contributed by atoms with E-state index in [1.807, 2.05) is 23.1 Å². The molecule has 0 unspecified atom stereocenters. The maximum Gasteiger partial charge on any atom is 0.321 e. The van der Waals surface area contributed by atoms with Gasteiger partial charge in [0.05, 0.1) is 11.9 Å². The number of hydrogen-bond donors (Lipinski definition) is 1. The zero-order valence-electron chi connectivity index (χ0n) is 15.7. The second-order valence-corrected chi connectivity index (χ2v) is 6.68. The fourth-order valence-corrected chi connectivity index (χ4v) is 3.54. The predicted molar refractivity (Wildman–Crippen MR) is 107 cm³/mol. The molecule has 3 rings (SSSR count). The van der Waals surface area contributed by atoms with Crippen LogP contribution in [0.2, 0.25) is 0 Å². The molecule has 5 nitrogen and oxygen atoms in total. The maximum atomic E-state index is 12.5. The number of urea groups is 1. The third kappa shape index (κ3) is 4.34. The van der Waals surface area contributed by atoms with E-state index in [0.29, 0.717) is 5.92 Å². The van der Waals surface area contributed by atoms with E-state index in [1.165, 1.54) is 5.56 Å². The number of likely N-dealkylation sites (tertiary alicyclic amines) is 1. The summed E-state index contributed by atoms with van der Waals surface area (Å²) in [6.45, 7) is 7.64. The average molecular weight is 352 g/mol. The zero-order chi connectivity index (χ0) is 18.4. The van der Waals surface area contributed by atoms with E-state index in [-0.39, 0.29) is 6.03 Å². The van der Waals surface area contributed by atoms with Crippen molar-refractivity contribution in [2.45, 2.75) is 32.6 Å². The molecular formula is C21H28N4O. The van der Waals surface area contributed by atoms with Gasteiger partial charge in [0.2, 0.25) is 0 Å². The summed E-state index contributed by atoms with van der Waals surface area (Å²) in [6, 6.07) is 14.4. The third-order valence-electron chi connectivity index (χ3n) is 5.14. The number of nitrogens with zero attached hydrogens (tertiary/aromatic N) is 3. The van der Waals surface area contributed by atoms with Crippen molar-refractivity contribution in [3.8, 4) is 0 Å². The molecule has 1 N–H and O–H groups in total. The van der Waals surface area contributed by atoms with Gasteiger partial charge in [-0.2, -0.15) is 0 Å². The molecule has 5 heteroatoms.